The molecule has 8 nitrogen and oxygen atoms in total. The number of hydrogen-bond donors (Lipinski definition) is 0. The first kappa shape index (κ1) is 18.4. The fourth-order valence-corrected chi connectivity index (χ4v) is 3.08. The summed E-state index contributed by atoms with van der Waals surface area (Å²) in [6, 6.07) is 12.4. The fraction of sp³-hybridized carbons (Fsp3) is 0.263. The van der Waals surface area contributed by atoms with Crippen molar-refractivity contribution in [2.75, 3.05) is 13.7 Å². The van der Waals surface area contributed by atoms with E-state index in [4.69, 9.17) is 9.47 Å². The van der Waals surface area contributed by atoms with E-state index in [1.165, 1.54) is 24.1 Å². The zero-order valence-electron chi connectivity index (χ0n) is 14.7. The SMILES string of the molecule is COC(=O)C1c2cc([N+](=O)[O-])ccc2CCN1C(=O)OCc1ccccc1. The van der Waals surface area contributed by atoms with Gasteiger partial charge in [-0.15, -0.1) is 0 Å². The van der Waals surface area contributed by atoms with Crippen molar-refractivity contribution in [3.05, 3.63) is 75.3 Å². The molecule has 27 heavy (non-hydrogen) atoms. The van der Waals surface area contributed by atoms with Crippen LogP contribution in [0.25, 0.3) is 0 Å². The molecule has 1 unspecified atom stereocenters. The van der Waals surface area contributed by atoms with Crippen molar-refractivity contribution in [3.63, 3.8) is 0 Å². The minimum atomic E-state index is -1.08. The second-order valence-electron chi connectivity index (χ2n) is 6.05. The van der Waals surface area contributed by atoms with Crippen molar-refractivity contribution >= 4 is 17.7 Å². The van der Waals surface area contributed by atoms with Crippen LogP contribution in [0, 0.1) is 10.1 Å². The van der Waals surface area contributed by atoms with Crippen LogP contribution in [-0.4, -0.2) is 35.5 Å². The molecule has 0 radical (unpaired) electrons. The zero-order chi connectivity index (χ0) is 19.4. The Morgan fingerprint density at radius 2 is 1.96 bits per heavy atom. The number of fused-ring (bicyclic) bond motifs is 1. The third-order valence-electron chi connectivity index (χ3n) is 4.43. The van der Waals surface area contributed by atoms with Crippen molar-refractivity contribution in [3.8, 4) is 0 Å². The molecule has 0 bridgehead atoms. The molecule has 0 fully saturated rings. The summed E-state index contributed by atoms with van der Waals surface area (Å²) in [5, 5.41) is 11.1. The minimum absolute atomic E-state index is 0.0614. The number of benzene rings is 2. The molecular formula is C19H18N2O6. The molecule has 1 atom stereocenters. The Balaban J connectivity index is 1.86. The summed E-state index contributed by atoms with van der Waals surface area (Å²) in [7, 11) is 1.21. The summed E-state index contributed by atoms with van der Waals surface area (Å²) in [6.07, 6.45) is -0.215. The van der Waals surface area contributed by atoms with E-state index in [-0.39, 0.29) is 18.8 Å². The quantitative estimate of drug-likeness (QED) is 0.466. The highest BCUT2D eigenvalue weighted by molar-refractivity contribution is 5.84. The summed E-state index contributed by atoms with van der Waals surface area (Å²) in [6.45, 7) is 0.310. The first-order chi connectivity index (χ1) is 13.0. The van der Waals surface area contributed by atoms with Gasteiger partial charge in [-0.2, -0.15) is 0 Å². The molecule has 1 aliphatic heterocycles. The van der Waals surface area contributed by atoms with Gasteiger partial charge in [-0.25, -0.2) is 9.59 Å². The van der Waals surface area contributed by atoms with E-state index in [1.807, 2.05) is 30.3 Å². The van der Waals surface area contributed by atoms with Crippen LogP contribution in [0.1, 0.15) is 22.7 Å². The lowest BCUT2D eigenvalue weighted by atomic mass is 9.92. The van der Waals surface area contributed by atoms with E-state index < -0.39 is 23.0 Å². The van der Waals surface area contributed by atoms with Crippen LogP contribution in [0.15, 0.2) is 48.5 Å². The highest BCUT2D eigenvalue weighted by Gasteiger charge is 2.38. The topological polar surface area (TPSA) is 99.0 Å². The van der Waals surface area contributed by atoms with Gasteiger partial charge in [0.15, 0.2) is 6.04 Å². The maximum atomic E-state index is 12.6. The van der Waals surface area contributed by atoms with Gasteiger partial charge in [0.2, 0.25) is 0 Å². The van der Waals surface area contributed by atoms with Crippen LogP contribution < -0.4 is 0 Å². The van der Waals surface area contributed by atoms with Gasteiger partial charge in [-0.3, -0.25) is 15.0 Å². The maximum absolute atomic E-state index is 12.6. The number of ether oxygens (including phenoxy) is 2. The summed E-state index contributed by atoms with van der Waals surface area (Å²) < 4.78 is 10.2. The predicted octanol–water partition coefficient (Wildman–Crippen LogP) is 3.00. The molecule has 1 heterocycles. The number of nitrogens with zero attached hydrogens (tertiary/aromatic N) is 2. The number of carbonyl (C=O) groups is 2. The van der Waals surface area contributed by atoms with E-state index in [0.717, 1.165) is 11.1 Å². The maximum Gasteiger partial charge on any atom is 0.411 e. The number of nitro benzene ring substituents is 1. The molecule has 0 spiro atoms. The van der Waals surface area contributed by atoms with Gasteiger partial charge in [0, 0.05) is 18.7 Å². The lowest BCUT2D eigenvalue weighted by molar-refractivity contribution is -0.385. The first-order valence-corrected chi connectivity index (χ1v) is 8.33. The normalized spacial score (nSPS) is 15.6. The molecule has 3 rings (SSSR count). The molecule has 2 aromatic carbocycles. The molecule has 0 saturated heterocycles. The molecule has 140 valence electrons. The average molecular weight is 370 g/mol. The zero-order valence-corrected chi connectivity index (χ0v) is 14.7. The number of rotatable bonds is 4. The second-order valence-corrected chi connectivity index (χ2v) is 6.05. The van der Waals surface area contributed by atoms with Gasteiger partial charge in [-0.1, -0.05) is 36.4 Å². The van der Waals surface area contributed by atoms with Crippen LogP contribution in [0.3, 0.4) is 0 Å². The van der Waals surface area contributed by atoms with Crippen LogP contribution >= 0.6 is 0 Å². The molecule has 2 aromatic rings. The van der Waals surface area contributed by atoms with Gasteiger partial charge in [0.1, 0.15) is 6.61 Å². The molecular weight excluding hydrogens is 352 g/mol. The molecule has 0 aromatic heterocycles. The number of nitro groups is 1. The largest absolute Gasteiger partial charge is 0.467 e. The summed E-state index contributed by atoms with van der Waals surface area (Å²) in [4.78, 5) is 36.8. The molecule has 0 N–H and O–H groups in total. The Hall–Kier alpha value is -3.42. The number of carbonyl (C=O) groups excluding carboxylic acids is 2. The van der Waals surface area contributed by atoms with Crippen molar-refractivity contribution in [2.45, 2.75) is 19.1 Å². The van der Waals surface area contributed by atoms with Crippen LogP contribution in [0.5, 0.6) is 0 Å². The summed E-state index contributed by atoms with van der Waals surface area (Å²) in [5.74, 6) is -0.673. The highest BCUT2D eigenvalue weighted by atomic mass is 16.6. The number of hydrogen-bond acceptors (Lipinski definition) is 6. The standard InChI is InChI=1S/C19H18N2O6/c1-26-18(22)17-16-11-15(21(24)25)8-7-14(16)9-10-20(17)19(23)27-12-13-5-3-2-4-6-13/h2-8,11,17H,9-10,12H2,1H3. The minimum Gasteiger partial charge on any atom is -0.467 e. The van der Waals surface area contributed by atoms with E-state index in [9.17, 15) is 19.7 Å². The molecule has 8 heteroatoms. The third kappa shape index (κ3) is 3.89. The van der Waals surface area contributed by atoms with Gasteiger partial charge in [0.25, 0.3) is 5.69 Å². The second kappa shape index (κ2) is 7.86. The number of methoxy groups -OCH3 is 1. The monoisotopic (exact) mass is 370 g/mol. The molecule has 1 aliphatic rings. The first-order valence-electron chi connectivity index (χ1n) is 8.33. The lowest BCUT2D eigenvalue weighted by Gasteiger charge is -2.34. The van der Waals surface area contributed by atoms with Crippen molar-refractivity contribution in [1.82, 2.24) is 4.90 Å². The van der Waals surface area contributed by atoms with E-state index in [2.05, 4.69) is 0 Å². The van der Waals surface area contributed by atoms with Gasteiger partial charge in [0.05, 0.1) is 12.0 Å². The van der Waals surface area contributed by atoms with E-state index >= 15 is 0 Å². The summed E-state index contributed by atoms with van der Waals surface area (Å²) >= 11 is 0. The van der Waals surface area contributed by atoms with E-state index in [1.54, 1.807) is 6.07 Å². The average Bonchev–Trinajstić information content (AvgIpc) is 2.70. The number of esters is 1. The van der Waals surface area contributed by atoms with Gasteiger partial charge >= 0.3 is 12.1 Å². The van der Waals surface area contributed by atoms with Crippen LogP contribution in [0.2, 0.25) is 0 Å². The van der Waals surface area contributed by atoms with Gasteiger partial charge in [-0.05, 0) is 23.1 Å². The van der Waals surface area contributed by atoms with Crippen LogP contribution in [0.4, 0.5) is 10.5 Å². The fourth-order valence-electron chi connectivity index (χ4n) is 3.08. The Morgan fingerprint density at radius 3 is 2.63 bits per heavy atom. The molecule has 0 aliphatic carbocycles. The van der Waals surface area contributed by atoms with Crippen LogP contribution in [-0.2, 0) is 27.3 Å². The predicted molar refractivity (Wildman–Crippen MR) is 94.9 cm³/mol. The highest BCUT2D eigenvalue weighted by Crippen LogP contribution is 2.33. The lowest BCUT2D eigenvalue weighted by Crippen LogP contribution is -2.44. The Labute approximate surface area is 155 Å². The van der Waals surface area contributed by atoms with Crippen molar-refractivity contribution in [2.24, 2.45) is 0 Å². The smallest absolute Gasteiger partial charge is 0.411 e. The molecule has 0 saturated carbocycles. The van der Waals surface area contributed by atoms with Gasteiger partial charge < -0.3 is 9.47 Å². The van der Waals surface area contributed by atoms with Crippen molar-refractivity contribution in [1.29, 1.82) is 0 Å². The third-order valence-corrected chi connectivity index (χ3v) is 4.43. The Morgan fingerprint density at radius 1 is 1.22 bits per heavy atom. The summed E-state index contributed by atoms with van der Waals surface area (Å²) in [5.41, 5.74) is 1.82. The number of amides is 1. The van der Waals surface area contributed by atoms with E-state index in [0.29, 0.717) is 12.0 Å². The number of non-ortho nitro benzene ring substituents is 1. The Bertz CT molecular complexity index is 868. The Kier molecular flexibility index (Phi) is 5.35. The van der Waals surface area contributed by atoms with Crippen molar-refractivity contribution < 1.29 is 24.0 Å². The molecule has 1 amide bonds.